The van der Waals surface area contributed by atoms with Crippen LogP contribution in [0.1, 0.15) is 41.0 Å². The van der Waals surface area contributed by atoms with Gasteiger partial charge in [0.05, 0.1) is 32.3 Å². The third-order valence-corrected chi connectivity index (χ3v) is 6.08. The summed E-state index contributed by atoms with van der Waals surface area (Å²) >= 11 is 0. The first-order chi connectivity index (χ1) is 10.4. The Balaban J connectivity index is 4.46. The van der Waals surface area contributed by atoms with Crippen LogP contribution in [0.5, 0.6) is 0 Å². The van der Waals surface area contributed by atoms with E-state index in [1.807, 2.05) is 39.3 Å². The Morgan fingerprint density at radius 3 is 2.09 bits per heavy atom. The fourth-order valence-electron chi connectivity index (χ4n) is 2.37. The van der Waals surface area contributed by atoms with E-state index in [4.69, 9.17) is 19.3 Å². The summed E-state index contributed by atoms with van der Waals surface area (Å²) in [6.45, 7) is 12.5. The summed E-state index contributed by atoms with van der Waals surface area (Å²) in [5.74, 6) is 0. The fourth-order valence-corrected chi connectivity index (χ4v) is 5.06. The molecule has 7 heteroatoms. The van der Waals surface area contributed by atoms with Gasteiger partial charge in [-0.25, -0.2) is 4.89 Å². The van der Waals surface area contributed by atoms with Crippen LogP contribution in [0.15, 0.2) is 0 Å². The minimum Gasteiger partial charge on any atom is -0.379 e. The average Bonchev–Trinajstić information content (AvgIpc) is 2.43. The van der Waals surface area contributed by atoms with Gasteiger partial charge < -0.3 is 9.47 Å². The molecule has 0 aromatic rings. The van der Waals surface area contributed by atoms with Gasteiger partial charge >= 0.3 is 7.87 Å². The maximum Gasteiger partial charge on any atom is 0.346 e. The molecule has 22 heavy (non-hydrogen) atoms. The summed E-state index contributed by atoms with van der Waals surface area (Å²) < 4.78 is 18.4. The third kappa shape index (κ3) is 8.38. The molecular weight excluding hydrogens is 303 g/mol. The molecule has 0 radical (unpaired) electrons. The normalized spacial score (nSPS) is 14.5. The Morgan fingerprint density at radius 2 is 1.59 bits per heavy atom. The lowest BCUT2D eigenvalue weighted by molar-refractivity contribution is 0.0371. The number of hydrogen-bond donors (Lipinski definition) is 1. The minimum atomic E-state index is -2.77. The highest BCUT2D eigenvalue weighted by molar-refractivity contribution is 7.63. The van der Waals surface area contributed by atoms with Crippen LogP contribution in [0.3, 0.4) is 0 Å². The minimum absolute atomic E-state index is 0.149. The Labute approximate surface area is 135 Å². The molecule has 0 amide bonds. The van der Waals surface area contributed by atoms with Crippen molar-refractivity contribution in [1.82, 2.24) is 4.67 Å². The quantitative estimate of drug-likeness (QED) is 0.412. The maximum atomic E-state index is 11.0. The molecule has 1 atom stereocenters. The zero-order valence-electron chi connectivity index (χ0n) is 14.6. The first-order valence-corrected chi connectivity index (χ1v) is 9.75. The molecule has 0 heterocycles. The highest BCUT2D eigenvalue weighted by Crippen LogP contribution is 2.61. The summed E-state index contributed by atoms with van der Waals surface area (Å²) in [6, 6.07) is 2.39. The highest BCUT2D eigenvalue weighted by atomic mass is 31.2. The van der Waals surface area contributed by atoms with Crippen molar-refractivity contribution < 1.29 is 18.9 Å². The van der Waals surface area contributed by atoms with Gasteiger partial charge in [0.2, 0.25) is 0 Å². The van der Waals surface area contributed by atoms with Gasteiger partial charge in [0, 0.05) is 18.7 Å². The van der Waals surface area contributed by atoms with Crippen LogP contribution >= 0.6 is 7.87 Å². The van der Waals surface area contributed by atoms with E-state index in [2.05, 4.69) is 6.07 Å². The van der Waals surface area contributed by atoms with E-state index in [1.165, 1.54) is 0 Å². The SMILES string of the molecule is CCOCCOCCO[P+](O)(CCC#N)N(C(C)C)C(C)C. The fraction of sp³-hybridized carbons (Fsp3) is 0.933. The molecule has 130 valence electrons. The van der Waals surface area contributed by atoms with E-state index in [9.17, 15) is 4.89 Å². The van der Waals surface area contributed by atoms with Gasteiger partial charge in [0.15, 0.2) is 0 Å². The summed E-state index contributed by atoms with van der Waals surface area (Å²) in [7, 11) is -2.77. The molecule has 6 nitrogen and oxygen atoms in total. The van der Waals surface area contributed by atoms with Gasteiger partial charge in [0.1, 0.15) is 12.8 Å². The molecular formula is C15H32N2O4P+. The summed E-state index contributed by atoms with van der Waals surface area (Å²) in [4.78, 5) is 11.0. The Hall–Kier alpha value is -0.280. The molecule has 0 aromatic carbocycles. The lowest BCUT2D eigenvalue weighted by Gasteiger charge is -2.34. The maximum absolute atomic E-state index is 11.0. The molecule has 0 saturated carbocycles. The van der Waals surface area contributed by atoms with Crippen molar-refractivity contribution in [2.24, 2.45) is 0 Å². The van der Waals surface area contributed by atoms with Crippen LogP contribution in [0, 0.1) is 11.3 Å². The monoisotopic (exact) mass is 335 g/mol. The van der Waals surface area contributed by atoms with Crippen LogP contribution < -0.4 is 0 Å². The van der Waals surface area contributed by atoms with E-state index in [0.717, 1.165) is 0 Å². The van der Waals surface area contributed by atoms with Gasteiger partial charge in [-0.15, -0.1) is 4.67 Å². The molecule has 0 aliphatic heterocycles. The van der Waals surface area contributed by atoms with Crippen LogP contribution in [0.2, 0.25) is 0 Å². The molecule has 0 aliphatic rings. The Kier molecular flexibility index (Phi) is 12.0. The van der Waals surface area contributed by atoms with Crippen molar-refractivity contribution in [3.8, 4) is 6.07 Å². The molecule has 0 bridgehead atoms. The molecule has 0 rings (SSSR count). The zero-order valence-corrected chi connectivity index (χ0v) is 15.5. The van der Waals surface area contributed by atoms with Crippen molar-refractivity contribution in [2.45, 2.75) is 53.1 Å². The number of nitrogens with zero attached hydrogens (tertiary/aromatic N) is 2. The van der Waals surface area contributed by atoms with E-state index < -0.39 is 7.87 Å². The van der Waals surface area contributed by atoms with Crippen LogP contribution in [0.4, 0.5) is 0 Å². The molecule has 1 N–H and O–H groups in total. The Bertz CT molecular complexity index is 315. The second kappa shape index (κ2) is 12.2. The highest BCUT2D eigenvalue weighted by Gasteiger charge is 2.48. The van der Waals surface area contributed by atoms with Crippen molar-refractivity contribution in [2.75, 3.05) is 39.2 Å². The smallest absolute Gasteiger partial charge is 0.346 e. The van der Waals surface area contributed by atoms with Gasteiger partial charge in [-0.05, 0) is 34.6 Å². The molecule has 1 unspecified atom stereocenters. The molecule has 0 aromatic heterocycles. The second-order valence-corrected chi connectivity index (χ2v) is 8.00. The second-order valence-electron chi connectivity index (χ2n) is 5.51. The number of ether oxygens (including phenoxy) is 2. The standard InChI is InChI=1S/C15H32N2O4P/c1-6-19-9-10-20-11-12-21-22(18,13-7-8-16)17(14(2)3)15(4)5/h14-15,18H,6-7,9-13H2,1-5H3/q+1. The van der Waals surface area contributed by atoms with E-state index >= 15 is 0 Å². The summed E-state index contributed by atoms with van der Waals surface area (Å²) in [5, 5.41) is 8.82. The van der Waals surface area contributed by atoms with Crippen LogP contribution in [-0.4, -0.2) is 60.8 Å². The number of hydrogen-bond acceptors (Lipinski definition) is 6. The van der Waals surface area contributed by atoms with Crippen molar-refractivity contribution in [3.05, 3.63) is 0 Å². The van der Waals surface area contributed by atoms with Crippen LogP contribution in [-0.2, 0) is 14.0 Å². The number of nitriles is 1. The lowest BCUT2D eigenvalue weighted by atomic mass is 10.3. The Morgan fingerprint density at radius 1 is 1.05 bits per heavy atom. The largest absolute Gasteiger partial charge is 0.379 e. The van der Waals surface area contributed by atoms with Gasteiger partial charge in [-0.1, -0.05) is 0 Å². The molecule has 0 spiro atoms. The predicted octanol–water partition coefficient (Wildman–Crippen LogP) is 2.84. The van der Waals surface area contributed by atoms with Crippen molar-refractivity contribution >= 4 is 7.87 Å². The summed E-state index contributed by atoms with van der Waals surface area (Å²) in [6.07, 6.45) is 0.643. The number of rotatable bonds is 13. The van der Waals surface area contributed by atoms with Gasteiger partial charge in [-0.2, -0.15) is 9.79 Å². The van der Waals surface area contributed by atoms with Crippen molar-refractivity contribution in [1.29, 1.82) is 5.26 Å². The third-order valence-electron chi connectivity index (χ3n) is 3.04. The van der Waals surface area contributed by atoms with Crippen molar-refractivity contribution in [3.63, 3.8) is 0 Å². The zero-order chi connectivity index (χ0) is 17.0. The molecule has 0 saturated heterocycles. The van der Waals surface area contributed by atoms with Gasteiger partial charge in [0.25, 0.3) is 0 Å². The first-order valence-electron chi connectivity index (χ1n) is 7.95. The average molecular weight is 335 g/mol. The van der Waals surface area contributed by atoms with E-state index in [-0.39, 0.29) is 18.5 Å². The van der Waals surface area contributed by atoms with E-state index in [0.29, 0.717) is 39.2 Å². The van der Waals surface area contributed by atoms with Crippen LogP contribution in [0.25, 0.3) is 0 Å². The van der Waals surface area contributed by atoms with E-state index in [1.54, 1.807) is 0 Å². The lowest BCUT2D eigenvalue weighted by Crippen LogP contribution is -2.39. The topological polar surface area (TPSA) is 75.0 Å². The molecule has 0 aliphatic carbocycles. The van der Waals surface area contributed by atoms with Gasteiger partial charge in [-0.3, -0.25) is 0 Å². The molecule has 0 fully saturated rings. The first kappa shape index (κ1) is 21.7. The summed E-state index contributed by atoms with van der Waals surface area (Å²) in [5.41, 5.74) is 0. The predicted molar refractivity (Wildman–Crippen MR) is 89.6 cm³/mol.